The number of halogens is 1. The first-order valence-electron chi connectivity index (χ1n) is 4.63. The molecule has 80 valence electrons. The van der Waals surface area contributed by atoms with Gasteiger partial charge in [0.15, 0.2) is 5.58 Å². The average Bonchev–Trinajstić information content (AvgIpc) is 2.86. The molecule has 0 aliphatic heterocycles. The third-order valence-corrected chi connectivity index (χ3v) is 3.42. The van der Waals surface area contributed by atoms with Crippen molar-refractivity contribution in [3.63, 3.8) is 0 Å². The molecule has 0 aliphatic rings. The van der Waals surface area contributed by atoms with E-state index in [0.29, 0.717) is 22.2 Å². The standard InChI is InChI=1S/C11H7ClN2OS/c12-6-4-8-9(5-7(6)13)15-11(14-8)10-2-1-3-16-10/h1-5H,13H2. The van der Waals surface area contributed by atoms with Crippen molar-refractivity contribution < 1.29 is 4.42 Å². The second kappa shape index (κ2) is 3.50. The maximum atomic E-state index is 5.92. The number of nitrogens with zero attached hydrogens (tertiary/aromatic N) is 1. The molecule has 0 spiro atoms. The van der Waals surface area contributed by atoms with Crippen LogP contribution in [0.25, 0.3) is 21.9 Å². The Labute approximate surface area is 100 Å². The molecule has 0 radical (unpaired) electrons. The zero-order valence-corrected chi connectivity index (χ0v) is 9.68. The quantitative estimate of drug-likeness (QED) is 0.669. The summed E-state index contributed by atoms with van der Waals surface area (Å²) in [5.41, 5.74) is 7.58. The van der Waals surface area contributed by atoms with Crippen LogP contribution in [-0.4, -0.2) is 4.98 Å². The Morgan fingerprint density at radius 1 is 1.38 bits per heavy atom. The van der Waals surface area contributed by atoms with Gasteiger partial charge in [0.05, 0.1) is 15.6 Å². The van der Waals surface area contributed by atoms with Crippen molar-refractivity contribution in [1.29, 1.82) is 0 Å². The molecule has 0 saturated heterocycles. The number of fused-ring (bicyclic) bond motifs is 1. The molecule has 0 unspecified atom stereocenters. The first-order valence-corrected chi connectivity index (χ1v) is 5.89. The lowest BCUT2D eigenvalue weighted by molar-refractivity contribution is 0.622. The zero-order valence-electron chi connectivity index (χ0n) is 8.11. The number of oxazole rings is 1. The normalized spacial score (nSPS) is 11.1. The number of rotatable bonds is 1. The summed E-state index contributed by atoms with van der Waals surface area (Å²) in [5, 5.41) is 2.48. The first-order chi connectivity index (χ1) is 7.74. The third-order valence-electron chi connectivity index (χ3n) is 2.24. The van der Waals surface area contributed by atoms with E-state index in [1.165, 1.54) is 0 Å². The molecule has 2 N–H and O–H groups in total. The maximum Gasteiger partial charge on any atom is 0.237 e. The SMILES string of the molecule is Nc1cc2oc(-c3cccs3)nc2cc1Cl. The van der Waals surface area contributed by atoms with Gasteiger partial charge in [0.1, 0.15) is 5.52 Å². The average molecular weight is 251 g/mol. The van der Waals surface area contributed by atoms with Gasteiger partial charge in [-0.2, -0.15) is 0 Å². The summed E-state index contributed by atoms with van der Waals surface area (Å²) in [6.07, 6.45) is 0. The van der Waals surface area contributed by atoms with Crippen molar-refractivity contribution in [2.75, 3.05) is 5.73 Å². The Hall–Kier alpha value is -1.52. The van der Waals surface area contributed by atoms with Gasteiger partial charge in [0.25, 0.3) is 0 Å². The van der Waals surface area contributed by atoms with Crippen molar-refractivity contribution in [3.05, 3.63) is 34.7 Å². The van der Waals surface area contributed by atoms with Gasteiger partial charge in [-0.05, 0) is 17.5 Å². The molecule has 0 atom stereocenters. The topological polar surface area (TPSA) is 52.0 Å². The van der Waals surface area contributed by atoms with E-state index in [-0.39, 0.29) is 0 Å². The number of aromatic nitrogens is 1. The molecule has 3 nitrogen and oxygen atoms in total. The highest BCUT2D eigenvalue weighted by molar-refractivity contribution is 7.13. The Morgan fingerprint density at radius 2 is 2.25 bits per heavy atom. The summed E-state index contributed by atoms with van der Waals surface area (Å²) in [4.78, 5) is 5.35. The van der Waals surface area contributed by atoms with Crippen molar-refractivity contribution >= 4 is 39.7 Å². The van der Waals surface area contributed by atoms with Crippen LogP contribution in [0.15, 0.2) is 34.1 Å². The smallest absolute Gasteiger partial charge is 0.237 e. The minimum Gasteiger partial charge on any atom is -0.435 e. The van der Waals surface area contributed by atoms with Crippen molar-refractivity contribution in [1.82, 2.24) is 4.98 Å². The number of nitrogen functional groups attached to an aromatic ring is 1. The number of nitrogens with two attached hydrogens (primary N) is 1. The van der Waals surface area contributed by atoms with Crippen LogP contribution in [0.5, 0.6) is 0 Å². The van der Waals surface area contributed by atoms with E-state index >= 15 is 0 Å². The van der Waals surface area contributed by atoms with Crippen LogP contribution in [0, 0.1) is 0 Å². The summed E-state index contributed by atoms with van der Waals surface area (Å²) in [5.74, 6) is 0.603. The fourth-order valence-corrected chi connectivity index (χ4v) is 2.28. The van der Waals surface area contributed by atoms with Gasteiger partial charge >= 0.3 is 0 Å². The molecule has 0 saturated carbocycles. The fraction of sp³-hybridized carbons (Fsp3) is 0. The highest BCUT2D eigenvalue weighted by atomic mass is 35.5. The van der Waals surface area contributed by atoms with Crippen LogP contribution in [0.4, 0.5) is 5.69 Å². The molecular formula is C11H7ClN2OS. The van der Waals surface area contributed by atoms with Gasteiger partial charge in [-0.25, -0.2) is 4.98 Å². The minimum absolute atomic E-state index is 0.499. The second-order valence-corrected chi connectivity index (χ2v) is 4.69. The van der Waals surface area contributed by atoms with E-state index in [1.807, 2.05) is 17.5 Å². The number of hydrogen-bond acceptors (Lipinski definition) is 4. The van der Waals surface area contributed by atoms with E-state index in [2.05, 4.69) is 4.98 Å². The monoisotopic (exact) mass is 250 g/mol. The van der Waals surface area contributed by atoms with E-state index in [0.717, 1.165) is 10.4 Å². The fourth-order valence-electron chi connectivity index (χ4n) is 1.47. The summed E-state index contributed by atoms with van der Waals surface area (Å²) < 4.78 is 5.61. The van der Waals surface area contributed by atoms with Gasteiger partial charge < -0.3 is 10.2 Å². The molecule has 0 amide bonds. The molecule has 5 heteroatoms. The largest absolute Gasteiger partial charge is 0.435 e. The number of thiophene rings is 1. The third kappa shape index (κ3) is 1.47. The molecule has 3 rings (SSSR count). The van der Waals surface area contributed by atoms with Crippen LogP contribution in [0.2, 0.25) is 5.02 Å². The Kier molecular flexibility index (Phi) is 2.12. The van der Waals surface area contributed by atoms with Crippen LogP contribution in [0.1, 0.15) is 0 Å². The molecule has 16 heavy (non-hydrogen) atoms. The molecule has 0 fully saturated rings. The Morgan fingerprint density at radius 3 is 3.00 bits per heavy atom. The molecule has 3 aromatic rings. The molecule has 1 aromatic carbocycles. The Bertz CT molecular complexity index is 606. The molecule has 2 aromatic heterocycles. The summed E-state index contributed by atoms with van der Waals surface area (Å²) in [6.45, 7) is 0. The van der Waals surface area contributed by atoms with E-state index in [4.69, 9.17) is 21.8 Å². The van der Waals surface area contributed by atoms with Gasteiger partial charge in [-0.15, -0.1) is 11.3 Å². The lowest BCUT2D eigenvalue weighted by atomic mass is 10.3. The summed E-state index contributed by atoms with van der Waals surface area (Å²) >= 11 is 7.50. The maximum absolute atomic E-state index is 5.92. The summed E-state index contributed by atoms with van der Waals surface area (Å²) in [7, 11) is 0. The number of hydrogen-bond donors (Lipinski definition) is 1. The van der Waals surface area contributed by atoms with Crippen LogP contribution in [-0.2, 0) is 0 Å². The van der Waals surface area contributed by atoms with Gasteiger partial charge in [0.2, 0.25) is 5.89 Å². The minimum atomic E-state index is 0.499. The van der Waals surface area contributed by atoms with Crippen molar-refractivity contribution in [2.24, 2.45) is 0 Å². The van der Waals surface area contributed by atoms with Crippen molar-refractivity contribution in [3.8, 4) is 10.8 Å². The van der Waals surface area contributed by atoms with Gasteiger partial charge in [-0.3, -0.25) is 0 Å². The number of anilines is 1. The first kappa shape index (κ1) is 9.69. The van der Waals surface area contributed by atoms with Crippen LogP contribution < -0.4 is 5.73 Å². The van der Waals surface area contributed by atoms with Gasteiger partial charge in [-0.1, -0.05) is 17.7 Å². The summed E-state index contributed by atoms with van der Waals surface area (Å²) in [6, 6.07) is 7.32. The highest BCUT2D eigenvalue weighted by Gasteiger charge is 2.10. The Balaban J connectivity index is 2.23. The lowest BCUT2D eigenvalue weighted by Crippen LogP contribution is -1.84. The second-order valence-electron chi connectivity index (χ2n) is 3.34. The van der Waals surface area contributed by atoms with E-state index < -0.39 is 0 Å². The van der Waals surface area contributed by atoms with Crippen LogP contribution in [0.3, 0.4) is 0 Å². The highest BCUT2D eigenvalue weighted by Crippen LogP contribution is 2.31. The van der Waals surface area contributed by atoms with Crippen molar-refractivity contribution in [2.45, 2.75) is 0 Å². The molecular weight excluding hydrogens is 244 g/mol. The van der Waals surface area contributed by atoms with Gasteiger partial charge in [0, 0.05) is 6.07 Å². The predicted molar refractivity (Wildman–Crippen MR) is 66.7 cm³/mol. The predicted octanol–water partition coefficient (Wildman–Crippen LogP) is 3.79. The van der Waals surface area contributed by atoms with Crippen LogP contribution >= 0.6 is 22.9 Å². The molecule has 0 aliphatic carbocycles. The lowest BCUT2D eigenvalue weighted by Gasteiger charge is -1.94. The molecule has 2 heterocycles. The molecule has 0 bridgehead atoms. The number of benzene rings is 1. The zero-order chi connectivity index (χ0) is 11.1. The van der Waals surface area contributed by atoms with E-state index in [1.54, 1.807) is 23.5 Å². The van der Waals surface area contributed by atoms with E-state index in [9.17, 15) is 0 Å².